The Morgan fingerprint density at radius 3 is 2.68 bits per heavy atom. The summed E-state index contributed by atoms with van der Waals surface area (Å²) in [5, 5.41) is 3.46. The van der Waals surface area contributed by atoms with Crippen molar-refractivity contribution in [3.63, 3.8) is 0 Å². The molecule has 1 aliphatic heterocycles. The van der Waals surface area contributed by atoms with Crippen LogP contribution in [-0.4, -0.2) is 38.2 Å². The first-order valence-electron chi connectivity index (χ1n) is 7.38. The van der Waals surface area contributed by atoms with E-state index in [1.165, 1.54) is 38.0 Å². The fourth-order valence-corrected chi connectivity index (χ4v) is 2.77. The van der Waals surface area contributed by atoms with Gasteiger partial charge < -0.3 is 10.1 Å². The van der Waals surface area contributed by atoms with Gasteiger partial charge in [0.2, 0.25) is 0 Å². The number of nitrogens with zero attached hydrogens (tertiary/aromatic N) is 1. The lowest BCUT2D eigenvalue weighted by atomic mass is 9.96. The third-order valence-corrected chi connectivity index (χ3v) is 3.98. The lowest BCUT2D eigenvalue weighted by molar-refractivity contribution is 0.174. The van der Waals surface area contributed by atoms with Gasteiger partial charge in [0, 0.05) is 12.1 Å². The Hall–Kier alpha value is -1.06. The van der Waals surface area contributed by atoms with Crippen molar-refractivity contribution in [1.29, 1.82) is 0 Å². The van der Waals surface area contributed by atoms with Gasteiger partial charge in [0.15, 0.2) is 0 Å². The molecule has 0 amide bonds. The third kappa shape index (κ3) is 4.22. The van der Waals surface area contributed by atoms with Crippen molar-refractivity contribution in [2.24, 2.45) is 5.92 Å². The maximum atomic E-state index is 5.42. The van der Waals surface area contributed by atoms with Crippen LogP contribution in [0.15, 0.2) is 24.3 Å². The molecule has 1 heterocycles. The van der Waals surface area contributed by atoms with Crippen molar-refractivity contribution < 1.29 is 4.74 Å². The molecule has 1 aliphatic rings. The van der Waals surface area contributed by atoms with E-state index in [1.54, 1.807) is 7.11 Å². The Morgan fingerprint density at radius 2 is 2.00 bits per heavy atom. The van der Waals surface area contributed by atoms with Gasteiger partial charge in [-0.25, -0.2) is 0 Å². The van der Waals surface area contributed by atoms with Crippen molar-refractivity contribution in [3.8, 4) is 5.75 Å². The topological polar surface area (TPSA) is 24.5 Å². The molecule has 0 saturated carbocycles. The van der Waals surface area contributed by atoms with Crippen molar-refractivity contribution >= 4 is 0 Å². The smallest absolute Gasteiger partial charge is 0.123 e. The lowest BCUT2D eigenvalue weighted by Gasteiger charge is -2.32. The molecule has 3 heteroatoms. The summed E-state index contributed by atoms with van der Waals surface area (Å²) in [6.07, 6.45) is 2.62. The van der Waals surface area contributed by atoms with Crippen molar-refractivity contribution in [3.05, 3.63) is 29.8 Å². The largest absolute Gasteiger partial charge is 0.496 e. The first-order valence-corrected chi connectivity index (χ1v) is 7.38. The molecule has 0 atom stereocenters. The van der Waals surface area contributed by atoms with Gasteiger partial charge in [0.05, 0.1) is 7.11 Å². The highest BCUT2D eigenvalue weighted by atomic mass is 16.5. The van der Waals surface area contributed by atoms with Crippen LogP contribution in [0, 0.1) is 5.92 Å². The number of likely N-dealkylation sites (tertiary alicyclic amines) is 1. The van der Waals surface area contributed by atoms with E-state index in [2.05, 4.69) is 29.3 Å². The highest BCUT2D eigenvalue weighted by Gasteiger charge is 2.19. The van der Waals surface area contributed by atoms with Gasteiger partial charge in [-0.2, -0.15) is 0 Å². The van der Waals surface area contributed by atoms with Crippen LogP contribution in [0.5, 0.6) is 5.75 Å². The number of ether oxygens (including phenoxy) is 1. The van der Waals surface area contributed by atoms with Gasteiger partial charge in [-0.15, -0.1) is 0 Å². The fraction of sp³-hybridized carbons (Fsp3) is 0.625. The molecule has 0 aromatic heterocycles. The molecule has 106 valence electrons. The van der Waals surface area contributed by atoms with Crippen LogP contribution in [0.2, 0.25) is 0 Å². The minimum Gasteiger partial charge on any atom is -0.496 e. The molecule has 0 radical (unpaired) electrons. The molecule has 2 rings (SSSR count). The first kappa shape index (κ1) is 14.4. The number of nitrogens with one attached hydrogen (secondary N) is 1. The summed E-state index contributed by atoms with van der Waals surface area (Å²) in [5.74, 6) is 1.87. The minimum absolute atomic E-state index is 0.855. The van der Waals surface area contributed by atoms with Gasteiger partial charge in [-0.3, -0.25) is 4.90 Å². The fourth-order valence-electron chi connectivity index (χ4n) is 2.77. The number of para-hydroxylation sites is 1. The Kier molecular flexibility index (Phi) is 5.67. The Labute approximate surface area is 116 Å². The van der Waals surface area contributed by atoms with Crippen LogP contribution in [-0.2, 0) is 6.54 Å². The first-order chi connectivity index (χ1) is 9.33. The molecule has 1 N–H and O–H groups in total. The van der Waals surface area contributed by atoms with E-state index in [9.17, 15) is 0 Å². The quantitative estimate of drug-likeness (QED) is 0.852. The molecule has 1 fully saturated rings. The molecule has 0 aliphatic carbocycles. The second-order valence-corrected chi connectivity index (χ2v) is 5.34. The summed E-state index contributed by atoms with van der Waals surface area (Å²) in [6.45, 7) is 7.86. The van der Waals surface area contributed by atoms with E-state index >= 15 is 0 Å². The molecular weight excluding hydrogens is 236 g/mol. The second-order valence-electron chi connectivity index (χ2n) is 5.34. The molecule has 0 spiro atoms. The van der Waals surface area contributed by atoms with Crippen LogP contribution >= 0.6 is 0 Å². The summed E-state index contributed by atoms with van der Waals surface area (Å²) in [4.78, 5) is 2.54. The van der Waals surface area contributed by atoms with Gasteiger partial charge >= 0.3 is 0 Å². The average Bonchev–Trinajstić information content (AvgIpc) is 2.47. The van der Waals surface area contributed by atoms with E-state index in [4.69, 9.17) is 4.74 Å². The summed E-state index contributed by atoms with van der Waals surface area (Å²) < 4.78 is 5.42. The van der Waals surface area contributed by atoms with Crippen LogP contribution in [0.4, 0.5) is 0 Å². The zero-order valence-corrected chi connectivity index (χ0v) is 12.2. The van der Waals surface area contributed by atoms with Crippen LogP contribution in [0.3, 0.4) is 0 Å². The van der Waals surface area contributed by atoms with Crippen LogP contribution in [0.25, 0.3) is 0 Å². The second kappa shape index (κ2) is 7.51. The molecule has 0 unspecified atom stereocenters. The lowest BCUT2D eigenvalue weighted by Crippen LogP contribution is -2.36. The van der Waals surface area contributed by atoms with Crippen LogP contribution in [0.1, 0.15) is 25.3 Å². The van der Waals surface area contributed by atoms with Gasteiger partial charge in [-0.1, -0.05) is 25.1 Å². The van der Waals surface area contributed by atoms with E-state index in [1.807, 2.05) is 12.1 Å². The van der Waals surface area contributed by atoms with E-state index in [0.717, 1.165) is 24.8 Å². The summed E-state index contributed by atoms with van der Waals surface area (Å²) in [5.41, 5.74) is 1.30. The van der Waals surface area contributed by atoms with Gasteiger partial charge in [0.25, 0.3) is 0 Å². The monoisotopic (exact) mass is 262 g/mol. The van der Waals surface area contributed by atoms with Crippen molar-refractivity contribution in [2.75, 3.05) is 33.3 Å². The van der Waals surface area contributed by atoms with Crippen LogP contribution < -0.4 is 10.1 Å². The predicted molar refractivity (Wildman–Crippen MR) is 79.5 cm³/mol. The number of hydrogen-bond acceptors (Lipinski definition) is 3. The third-order valence-electron chi connectivity index (χ3n) is 3.98. The van der Waals surface area contributed by atoms with E-state index in [-0.39, 0.29) is 0 Å². The SMILES string of the molecule is CCNCC1CCN(Cc2ccccc2OC)CC1. The number of rotatable bonds is 6. The van der Waals surface area contributed by atoms with Gasteiger partial charge in [0.1, 0.15) is 5.75 Å². The molecule has 1 aromatic rings. The number of piperidine rings is 1. The Bertz CT molecular complexity index is 373. The van der Waals surface area contributed by atoms with Crippen molar-refractivity contribution in [1.82, 2.24) is 10.2 Å². The molecule has 0 bridgehead atoms. The molecular formula is C16H26N2O. The average molecular weight is 262 g/mol. The molecule has 19 heavy (non-hydrogen) atoms. The molecule has 1 saturated heterocycles. The number of benzene rings is 1. The Morgan fingerprint density at radius 1 is 1.26 bits per heavy atom. The summed E-state index contributed by atoms with van der Waals surface area (Å²) in [7, 11) is 1.75. The van der Waals surface area contributed by atoms with E-state index in [0.29, 0.717) is 0 Å². The number of methoxy groups -OCH3 is 1. The summed E-state index contributed by atoms with van der Waals surface area (Å²) in [6, 6.07) is 8.34. The molecule has 1 aromatic carbocycles. The maximum Gasteiger partial charge on any atom is 0.123 e. The van der Waals surface area contributed by atoms with E-state index < -0.39 is 0 Å². The van der Waals surface area contributed by atoms with Crippen molar-refractivity contribution in [2.45, 2.75) is 26.3 Å². The predicted octanol–water partition coefficient (Wildman–Crippen LogP) is 2.52. The maximum absolute atomic E-state index is 5.42. The molecule has 3 nitrogen and oxygen atoms in total. The number of hydrogen-bond donors (Lipinski definition) is 1. The zero-order chi connectivity index (χ0) is 13.5. The minimum atomic E-state index is 0.855. The standard InChI is InChI=1S/C16H26N2O/c1-3-17-12-14-8-10-18(11-9-14)13-15-6-4-5-7-16(15)19-2/h4-7,14,17H,3,8-13H2,1-2H3. The highest BCUT2D eigenvalue weighted by molar-refractivity contribution is 5.33. The normalized spacial score (nSPS) is 17.6. The highest BCUT2D eigenvalue weighted by Crippen LogP contribution is 2.23. The summed E-state index contributed by atoms with van der Waals surface area (Å²) >= 11 is 0. The zero-order valence-electron chi connectivity index (χ0n) is 12.2. The van der Waals surface area contributed by atoms with Gasteiger partial charge in [-0.05, 0) is 51.0 Å². The Balaban J connectivity index is 1.82.